The number of nitrogens with one attached hydrogen (secondary N) is 1. The minimum absolute atomic E-state index is 0.0202. The molecule has 0 aliphatic heterocycles. The monoisotopic (exact) mass is 330 g/mol. The molecule has 1 N–H and O–H groups in total. The van der Waals surface area contributed by atoms with E-state index in [9.17, 15) is 9.18 Å². The van der Waals surface area contributed by atoms with Crippen LogP contribution in [0.5, 0.6) is 0 Å². The smallest absolute Gasteiger partial charge is 0.295 e. The molecule has 0 unspecified atom stereocenters. The number of benzene rings is 2. The number of hydrogen-bond donors (Lipinski definition) is 1. The van der Waals surface area contributed by atoms with Crippen molar-refractivity contribution in [3.05, 3.63) is 71.0 Å². The molecular formula is C16H12ClFN4O. The summed E-state index contributed by atoms with van der Waals surface area (Å²) in [5.74, 6) is -0.272. The molecule has 5 nitrogen and oxygen atoms in total. The molecule has 0 saturated heterocycles. The summed E-state index contributed by atoms with van der Waals surface area (Å²) >= 11 is 5.97. The third-order valence-electron chi connectivity index (χ3n) is 3.13. The zero-order valence-corrected chi connectivity index (χ0v) is 12.9. The van der Waals surface area contributed by atoms with Crippen LogP contribution in [-0.4, -0.2) is 20.7 Å². The molecule has 2 aromatic carbocycles. The molecule has 0 atom stereocenters. The van der Waals surface area contributed by atoms with E-state index < -0.39 is 5.91 Å². The van der Waals surface area contributed by atoms with Crippen LogP contribution in [0, 0.1) is 12.7 Å². The second-order valence-electron chi connectivity index (χ2n) is 4.84. The summed E-state index contributed by atoms with van der Waals surface area (Å²) in [7, 11) is 0. The molecule has 0 bridgehead atoms. The van der Waals surface area contributed by atoms with Gasteiger partial charge in [0.05, 0.1) is 5.69 Å². The maximum atomic E-state index is 12.9. The van der Waals surface area contributed by atoms with Crippen molar-refractivity contribution in [2.75, 3.05) is 5.32 Å². The van der Waals surface area contributed by atoms with Crippen LogP contribution in [0.25, 0.3) is 5.69 Å². The normalized spacial score (nSPS) is 10.6. The molecule has 0 aliphatic carbocycles. The van der Waals surface area contributed by atoms with Crippen LogP contribution in [0.4, 0.5) is 10.1 Å². The highest BCUT2D eigenvalue weighted by Gasteiger charge is 2.15. The molecule has 0 radical (unpaired) electrons. The highest BCUT2D eigenvalue weighted by atomic mass is 35.5. The predicted octanol–water partition coefficient (Wildman–Crippen LogP) is 3.62. The average molecular weight is 331 g/mol. The van der Waals surface area contributed by atoms with Gasteiger partial charge in [-0.25, -0.2) is 14.1 Å². The minimum Gasteiger partial charge on any atom is -0.319 e. The fraction of sp³-hybridized carbons (Fsp3) is 0.0625. The van der Waals surface area contributed by atoms with E-state index in [4.69, 9.17) is 11.6 Å². The van der Waals surface area contributed by atoms with Gasteiger partial charge in [-0.3, -0.25) is 4.79 Å². The molecule has 1 amide bonds. The van der Waals surface area contributed by atoms with Gasteiger partial charge in [0.1, 0.15) is 11.6 Å². The number of carbonyl (C=O) groups excluding carboxylic acids is 1. The van der Waals surface area contributed by atoms with Crippen molar-refractivity contribution in [3.8, 4) is 5.69 Å². The number of aromatic nitrogens is 3. The van der Waals surface area contributed by atoms with Gasteiger partial charge in [0.25, 0.3) is 5.91 Å². The number of nitrogens with zero attached hydrogens (tertiary/aromatic N) is 3. The molecule has 1 aromatic heterocycles. The molecule has 0 saturated carbocycles. The van der Waals surface area contributed by atoms with Gasteiger partial charge in [-0.05, 0) is 49.4 Å². The van der Waals surface area contributed by atoms with Crippen molar-refractivity contribution in [3.63, 3.8) is 0 Å². The summed E-state index contributed by atoms with van der Waals surface area (Å²) in [5.41, 5.74) is 1.18. The van der Waals surface area contributed by atoms with Crippen molar-refractivity contribution in [2.24, 2.45) is 0 Å². The lowest BCUT2D eigenvalue weighted by Crippen LogP contribution is -2.14. The number of amides is 1. The number of halogens is 2. The van der Waals surface area contributed by atoms with Gasteiger partial charge in [0, 0.05) is 10.7 Å². The summed E-state index contributed by atoms with van der Waals surface area (Å²) in [5, 5.41) is 7.38. The Labute approximate surface area is 136 Å². The van der Waals surface area contributed by atoms with Crippen LogP contribution in [0.1, 0.15) is 16.4 Å². The molecular weight excluding hydrogens is 319 g/mol. The van der Waals surface area contributed by atoms with Crippen LogP contribution < -0.4 is 5.32 Å². The van der Waals surface area contributed by atoms with Gasteiger partial charge >= 0.3 is 0 Å². The van der Waals surface area contributed by atoms with Crippen molar-refractivity contribution < 1.29 is 9.18 Å². The van der Waals surface area contributed by atoms with Gasteiger partial charge in [-0.1, -0.05) is 17.7 Å². The Morgan fingerprint density at radius 1 is 1.22 bits per heavy atom. The lowest BCUT2D eigenvalue weighted by Gasteiger charge is -2.03. The standard InChI is InChI=1S/C16H12ClFN4O/c1-10-19-15(16(23)20-13-7-5-12(18)6-8-13)21-22(10)14-4-2-3-11(17)9-14/h2-9H,1H3,(H,20,23). The molecule has 1 heterocycles. The Kier molecular flexibility index (Phi) is 4.08. The van der Waals surface area contributed by atoms with E-state index in [2.05, 4.69) is 15.4 Å². The van der Waals surface area contributed by atoms with Crippen LogP contribution in [0.2, 0.25) is 5.02 Å². The zero-order chi connectivity index (χ0) is 16.4. The molecule has 0 aliphatic rings. The fourth-order valence-corrected chi connectivity index (χ4v) is 2.24. The lowest BCUT2D eigenvalue weighted by molar-refractivity contribution is 0.101. The topological polar surface area (TPSA) is 59.8 Å². The van der Waals surface area contributed by atoms with Gasteiger partial charge in [0.15, 0.2) is 0 Å². The first-order valence-electron chi connectivity index (χ1n) is 6.79. The first-order chi connectivity index (χ1) is 11.0. The Morgan fingerprint density at radius 2 is 1.96 bits per heavy atom. The van der Waals surface area contributed by atoms with E-state index in [-0.39, 0.29) is 11.6 Å². The zero-order valence-electron chi connectivity index (χ0n) is 12.1. The highest BCUT2D eigenvalue weighted by Crippen LogP contribution is 2.16. The Balaban J connectivity index is 1.85. The van der Waals surface area contributed by atoms with Crippen LogP contribution >= 0.6 is 11.6 Å². The van der Waals surface area contributed by atoms with E-state index >= 15 is 0 Å². The van der Waals surface area contributed by atoms with Gasteiger partial charge < -0.3 is 5.32 Å². The van der Waals surface area contributed by atoms with Crippen molar-refractivity contribution >= 4 is 23.2 Å². The molecule has 23 heavy (non-hydrogen) atoms. The summed E-state index contributed by atoms with van der Waals surface area (Å²) in [6.45, 7) is 1.74. The van der Waals surface area contributed by atoms with E-state index in [1.807, 2.05) is 6.07 Å². The van der Waals surface area contributed by atoms with Crippen LogP contribution in [-0.2, 0) is 0 Å². The number of aryl methyl sites for hydroxylation is 1. The first-order valence-corrected chi connectivity index (χ1v) is 7.17. The van der Waals surface area contributed by atoms with Crippen molar-refractivity contribution in [1.29, 1.82) is 0 Å². The van der Waals surface area contributed by atoms with Gasteiger partial charge in [-0.15, -0.1) is 5.10 Å². The van der Waals surface area contributed by atoms with E-state index in [0.717, 1.165) is 0 Å². The summed E-state index contributed by atoms with van der Waals surface area (Å²) in [6.07, 6.45) is 0. The maximum absolute atomic E-state index is 12.9. The van der Waals surface area contributed by atoms with E-state index in [0.29, 0.717) is 22.2 Å². The first kappa shape index (κ1) is 15.2. The fourth-order valence-electron chi connectivity index (χ4n) is 2.06. The quantitative estimate of drug-likeness (QED) is 0.798. The molecule has 3 rings (SSSR count). The summed E-state index contributed by atoms with van der Waals surface area (Å²) in [6, 6.07) is 12.5. The summed E-state index contributed by atoms with van der Waals surface area (Å²) < 4.78 is 14.4. The second-order valence-corrected chi connectivity index (χ2v) is 5.27. The molecule has 0 spiro atoms. The number of hydrogen-bond acceptors (Lipinski definition) is 3. The van der Waals surface area contributed by atoms with E-state index in [1.54, 1.807) is 25.1 Å². The molecule has 0 fully saturated rings. The Bertz CT molecular complexity index is 861. The van der Waals surface area contributed by atoms with Gasteiger partial charge in [-0.2, -0.15) is 0 Å². The molecule has 3 aromatic rings. The third kappa shape index (κ3) is 3.37. The lowest BCUT2D eigenvalue weighted by atomic mass is 10.3. The van der Waals surface area contributed by atoms with Gasteiger partial charge in [0.2, 0.25) is 5.82 Å². The third-order valence-corrected chi connectivity index (χ3v) is 3.36. The minimum atomic E-state index is -0.472. The Morgan fingerprint density at radius 3 is 2.65 bits per heavy atom. The van der Waals surface area contributed by atoms with Crippen molar-refractivity contribution in [1.82, 2.24) is 14.8 Å². The number of anilines is 1. The van der Waals surface area contributed by atoms with Crippen LogP contribution in [0.3, 0.4) is 0 Å². The van der Waals surface area contributed by atoms with E-state index in [1.165, 1.54) is 28.9 Å². The van der Waals surface area contributed by atoms with Crippen LogP contribution in [0.15, 0.2) is 48.5 Å². The molecule has 7 heteroatoms. The number of rotatable bonds is 3. The SMILES string of the molecule is Cc1nc(C(=O)Nc2ccc(F)cc2)nn1-c1cccc(Cl)c1. The Hall–Kier alpha value is -2.73. The largest absolute Gasteiger partial charge is 0.319 e. The predicted molar refractivity (Wildman–Crippen MR) is 85.5 cm³/mol. The second kappa shape index (κ2) is 6.18. The van der Waals surface area contributed by atoms with Crippen molar-refractivity contribution in [2.45, 2.75) is 6.92 Å². The molecule has 116 valence electrons. The number of carbonyl (C=O) groups is 1. The summed E-state index contributed by atoms with van der Waals surface area (Å²) in [4.78, 5) is 16.3. The maximum Gasteiger partial charge on any atom is 0.295 e. The highest BCUT2D eigenvalue weighted by molar-refractivity contribution is 6.30. The average Bonchev–Trinajstić information content (AvgIpc) is 2.92.